The normalized spacial score (nSPS) is 22.4. The summed E-state index contributed by atoms with van der Waals surface area (Å²) in [4.78, 5) is 0. The molecule has 1 rings (SSSR count). The van der Waals surface area contributed by atoms with Crippen LogP contribution in [0.2, 0.25) is 0 Å². The van der Waals surface area contributed by atoms with E-state index in [9.17, 15) is 8.78 Å². The lowest BCUT2D eigenvalue weighted by molar-refractivity contribution is -0.251. The summed E-state index contributed by atoms with van der Waals surface area (Å²) in [6.45, 7) is 3.46. The van der Waals surface area contributed by atoms with E-state index < -0.39 is 12.0 Å². The van der Waals surface area contributed by atoms with Gasteiger partial charge in [0, 0.05) is 0 Å². The van der Waals surface area contributed by atoms with Crippen molar-refractivity contribution >= 4 is 0 Å². The van der Waals surface area contributed by atoms with Gasteiger partial charge in [0.05, 0.1) is 5.92 Å². The van der Waals surface area contributed by atoms with Gasteiger partial charge in [-0.2, -0.15) is 8.78 Å². The molecule has 0 radical (unpaired) electrons. The molecule has 0 aromatic carbocycles. The Morgan fingerprint density at radius 2 is 1.82 bits per heavy atom. The monoisotopic (exact) mass is 164 g/mol. The number of alkyl halides is 2. The summed E-state index contributed by atoms with van der Waals surface area (Å²) in [5.41, 5.74) is 0. The Bertz CT molecular complexity index is 134. The van der Waals surface area contributed by atoms with Gasteiger partial charge in [-0.3, -0.25) is 0 Å². The highest BCUT2D eigenvalue weighted by Crippen LogP contribution is 2.46. The van der Waals surface area contributed by atoms with Crippen LogP contribution in [0.3, 0.4) is 0 Å². The van der Waals surface area contributed by atoms with E-state index in [1.807, 2.05) is 0 Å². The van der Waals surface area contributed by atoms with Gasteiger partial charge in [0.1, 0.15) is 0 Å². The minimum absolute atomic E-state index is 0.0509. The molecule has 1 unspecified atom stereocenters. The molecule has 0 heterocycles. The van der Waals surface area contributed by atoms with Gasteiger partial charge in [-0.05, 0) is 24.7 Å². The maximum absolute atomic E-state index is 12.5. The summed E-state index contributed by atoms with van der Waals surface area (Å²) in [6.07, 6.45) is -1.78. The lowest BCUT2D eigenvalue weighted by Crippen LogP contribution is -2.33. The summed E-state index contributed by atoms with van der Waals surface area (Å²) < 4.78 is 25.0. The van der Waals surface area contributed by atoms with Gasteiger partial charge in [0.15, 0.2) is 0 Å². The minimum atomic E-state index is -3.48. The van der Waals surface area contributed by atoms with E-state index in [4.69, 9.17) is 5.11 Å². The van der Waals surface area contributed by atoms with Crippen LogP contribution in [-0.2, 0) is 0 Å². The molecule has 0 amide bonds. The molecule has 1 nitrogen and oxygen atoms in total. The Morgan fingerprint density at radius 1 is 1.36 bits per heavy atom. The molecule has 3 heteroatoms. The van der Waals surface area contributed by atoms with Gasteiger partial charge in [-0.25, -0.2) is 0 Å². The number of hydrogen-bond donors (Lipinski definition) is 1. The highest BCUT2D eigenvalue weighted by molar-refractivity contribution is 4.86. The standard InChI is InChI=1S/C8H14F2O/c1-5(2)7(6-3-4-6)8(9,10)11/h5-7,11H,3-4H2,1-2H3. The number of rotatable bonds is 3. The summed E-state index contributed by atoms with van der Waals surface area (Å²) in [5, 5.41) is 8.52. The van der Waals surface area contributed by atoms with Crippen LogP contribution in [0, 0.1) is 17.8 Å². The van der Waals surface area contributed by atoms with Crippen molar-refractivity contribution in [3.63, 3.8) is 0 Å². The van der Waals surface area contributed by atoms with Crippen LogP contribution in [0.25, 0.3) is 0 Å². The Hall–Kier alpha value is -0.180. The quantitative estimate of drug-likeness (QED) is 0.678. The first kappa shape index (κ1) is 8.91. The van der Waals surface area contributed by atoms with E-state index in [1.165, 1.54) is 0 Å². The van der Waals surface area contributed by atoms with Crippen LogP contribution < -0.4 is 0 Å². The lowest BCUT2D eigenvalue weighted by atomic mass is 9.90. The zero-order chi connectivity index (χ0) is 8.65. The lowest BCUT2D eigenvalue weighted by Gasteiger charge is -2.24. The molecular weight excluding hydrogens is 150 g/mol. The van der Waals surface area contributed by atoms with E-state index >= 15 is 0 Å². The zero-order valence-electron chi connectivity index (χ0n) is 6.85. The first-order chi connectivity index (χ1) is 4.93. The van der Waals surface area contributed by atoms with Crippen molar-refractivity contribution in [3.05, 3.63) is 0 Å². The van der Waals surface area contributed by atoms with Gasteiger partial charge >= 0.3 is 6.11 Å². The minimum Gasteiger partial charge on any atom is -0.336 e. The second-order valence-electron chi connectivity index (χ2n) is 3.70. The Labute approximate surface area is 65.4 Å². The molecule has 11 heavy (non-hydrogen) atoms. The van der Waals surface area contributed by atoms with Gasteiger partial charge < -0.3 is 5.11 Å². The molecule has 1 saturated carbocycles. The van der Waals surface area contributed by atoms with E-state index in [2.05, 4.69) is 0 Å². The third kappa shape index (κ3) is 2.12. The van der Waals surface area contributed by atoms with Crippen molar-refractivity contribution in [1.29, 1.82) is 0 Å². The number of aliphatic hydroxyl groups is 1. The third-order valence-electron chi connectivity index (χ3n) is 2.25. The molecule has 1 aliphatic carbocycles. The van der Waals surface area contributed by atoms with Crippen LogP contribution in [0.4, 0.5) is 8.78 Å². The topological polar surface area (TPSA) is 20.2 Å². The molecule has 1 aliphatic rings. The molecule has 1 atom stereocenters. The van der Waals surface area contributed by atoms with E-state index in [1.54, 1.807) is 13.8 Å². The summed E-state index contributed by atoms with van der Waals surface area (Å²) in [7, 11) is 0. The van der Waals surface area contributed by atoms with Gasteiger partial charge in [0.25, 0.3) is 0 Å². The molecular formula is C8H14F2O. The molecule has 0 spiro atoms. The smallest absolute Gasteiger partial charge is 0.336 e. The van der Waals surface area contributed by atoms with Crippen LogP contribution in [0.15, 0.2) is 0 Å². The van der Waals surface area contributed by atoms with E-state index in [0.717, 1.165) is 12.8 Å². The average Bonchev–Trinajstić information content (AvgIpc) is 2.42. The van der Waals surface area contributed by atoms with Crippen molar-refractivity contribution < 1.29 is 13.9 Å². The van der Waals surface area contributed by atoms with Crippen LogP contribution >= 0.6 is 0 Å². The van der Waals surface area contributed by atoms with Crippen LogP contribution in [-0.4, -0.2) is 11.2 Å². The maximum atomic E-state index is 12.5. The van der Waals surface area contributed by atoms with Crippen molar-refractivity contribution in [1.82, 2.24) is 0 Å². The summed E-state index contributed by atoms with van der Waals surface area (Å²) >= 11 is 0. The van der Waals surface area contributed by atoms with E-state index in [0.29, 0.717) is 0 Å². The van der Waals surface area contributed by atoms with Gasteiger partial charge in [-0.15, -0.1) is 0 Å². The Balaban J connectivity index is 2.58. The fourth-order valence-electron chi connectivity index (χ4n) is 1.68. The third-order valence-corrected chi connectivity index (χ3v) is 2.25. The SMILES string of the molecule is CC(C)C(C1CC1)C(O)(F)F. The first-order valence-corrected chi connectivity index (χ1v) is 4.03. The largest absolute Gasteiger partial charge is 0.356 e. The van der Waals surface area contributed by atoms with Crippen LogP contribution in [0.5, 0.6) is 0 Å². The van der Waals surface area contributed by atoms with Crippen LogP contribution in [0.1, 0.15) is 26.7 Å². The molecule has 0 aliphatic heterocycles. The first-order valence-electron chi connectivity index (χ1n) is 4.03. The number of halogens is 2. The molecule has 0 saturated heterocycles. The Kier molecular flexibility index (Phi) is 2.19. The molecule has 66 valence electrons. The fourth-order valence-corrected chi connectivity index (χ4v) is 1.68. The van der Waals surface area contributed by atoms with Crippen molar-refractivity contribution in [3.8, 4) is 0 Å². The molecule has 1 N–H and O–H groups in total. The van der Waals surface area contributed by atoms with Gasteiger partial charge in [0.2, 0.25) is 0 Å². The Morgan fingerprint density at radius 3 is 1.91 bits per heavy atom. The molecule has 0 aromatic heterocycles. The average molecular weight is 164 g/mol. The van der Waals surface area contributed by atoms with Gasteiger partial charge in [-0.1, -0.05) is 13.8 Å². The summed E-state index contributed by atoms with van der Waals surface area (Å²) in [6, 6.07) is 0. The predicted molar refractivity (Wildman–Crippen MR) is 38.2 cm³/mol. The number of hydrogen-bond acceptors (Lipinski definition) is 1. The van der Waals surface area contributed by atoms with Crippen molar-refractivity contribution in [2.24, 2.45) is 17.8 Å². The molecule has 0 bridgehead atoms. The molecule has 1 fully saturated rings. The zero-order valence-corrected chi connectivity index (χ0v) is 6.85. The summed E-state index contributed by atoms with van der Waals surface area (Å²) in [5.74, 6) is -0.917. The predicted octanol–water partition coefficient (Wildman–Crippen LogP) is 2.25. The molecule has 0 aromatic rings. The highest BCUT2D eigenvalue weighted by Gasteiger charge is 2.48. The highest BCUT2D eigenvalue weighted by atomic mass is 19.3. The maximum Gasteiger partial charge on any atom is 0.356 e. The fraction of sp³-hybridized carbons (Fsp3) is 1.00. The van der Waals surface area contributed by atoms with E-state index in [-0.39, 0.29) is 11.8 Å². The van der Waals surface area contributed by atoms with Crippen molar-refractivity contribution in [2.45, 2.75) is 32.8 Å². The second-order valence-corrected chi connectivity index (χ2v) is 3.70. The van der Waals surface area contributed by atoms with Crippen molar-refractivity contribution in [2.75, 3.05) is 0 Å². The second kappa shape index (κ2) is 2.70.